The van der Waals surface area contributed by atoms with Gasteiger partial charge in [-0.1, -0.05) is 0 Å². The van der Waals surface area contributed by atoms with Crippen molar-refractivity contribution in [3.8, 4) is 6.07 Å². The van der Waals surface area contributed by atoms with Crippen molar-refractivity contribution < 1.29 is 13.6 Å². The van der Waals surface area contributed by atoms with Gasteiger partial charge in [0, 0.05) is 42.8 Å². The number of pyridine rings is 1. The smallest absolute Gasteiger partial charge is 0.237 e. The predicted molar refractivity (Wildman–Crippen MR) is 105 cm³/mol. The lowest BCUT2D eigenvalue weighted by molar-refractivity contribution is -0.132. The van der Waals surface area contributed by atoms with E-state index in [-0.39, 0.29) is 37.3 Å². The van der Waals surface area contributed by atoms with E-state index in [0.717, 1.165) is 42.5 Å². The molecule has 2 aliphatic rings. The number of carbonyl (C=O) groups excluding carboxylic acids is 1. The van der Waals surface area contributed by atoms with Gasteiger partial charge in [0.2, 0.25) is 5.91 Å². The molecule has 152 valence electrons. The van der Waals surface area contributed by atoms with Crippen LogP contribution >= 0.6 is 0 Å². The van der Waals surface area contributed by atoms with Gasteiger partial charge in [-0.15, -0.1) is 0 Å². The number of aromatic nitrogens is 1. The zero-order chi connectivity index (χ0) is 20.4. The van der Waals surface area contributed by atoms with Crippen LogP contribution in [0.3, 0.4) is 0 Å². The highest BCUT2D eigenvalue weighted by molar-refractivity contribution is 5.91. The first-order valence-electron chi connectivity index (χ1n) is 9.90. The fourth-order valence-electron chi connectivity index (χ4n) is 4.16. The number of rotatable bonds is 4. The van der Waals surface area contributed by atoms with E-state index in [2.05, 4.69) is 10.3 Å². The minimum atomic E-state index is -1.11. The Kier molecular flexibility index (Phi) is 5.58. The van der Waals surface area contributed by atoms with Gasteiger partial charge in [-0.2, -0.15) is 5.26 Å². The van der Waals surface area contributed by atoms with Crippen molar-refractivity contribution in [3.05, 3.63) is 36.3 Å². The summed E-state index contributed by atoms with van der Waals surface area (Å²) in [4.78, 5) is 20.2. The molecule has 2 aromatic rings. The number of anilines is 1. The third-order valence-electron chi connectivity index (χ3n) is 5.73. The summed E-state index contributed by atoms with van der Waals surface area (Å²) < 4.78 is 27.2. The van der Waals surface area contributed by atoms with E-state index < -0.39 is 12.2 Å². The van der Waals surface area contributed by atoms with Crippen LogP contribution in [0.15, 0.2) is 30.5 Å². The highest BCUT2D eigenvalue weighted by Crippen LogP contribution is 2.25. The molecule has 1 aromatic carbocycles. The first-order valence-corrected chi connectivity index (χ1v) is 9.90. The molecule has 1 N–H and O–H groups in total. The first kappa shape index (κ1) is 19.5. The molecular weight excluding hydrogens is 376 g/mol. The molecule has 8 heteroatoms. The Morgan fingerprint density at radius 2 is 2.10 bits per heavy atom. The van der Waals surface area contributed by atoms with E-state index >= 15 is 0 Å². The number of nitrogens with zero attached hydrogens (tertiary/aromatic N) is 4. The van der Waals surface area contributed by atoms with E-state index in [9.17, 15) is 13.6 Å². The number of piperidine rings is 1. The number of hydrogen-bond donors (Lipinski definition) is 1. The zero-order valence-corrected chi connectivity index (χ0v) is 16.0. The second-order valence-corrected chi connectivity index (χ2v) is 7.74. The van der Waals surface area contributed by atoms with E-state index in [1.807, 2.05) is 17.0 Å². The Hall–Kier alpha value is -2.79. The highest BCUT2D eigenvalue weighted by atomic mass is 19.1. The highest BCUT2D eigenvalue weighted by Gasteiger charge is 2.36. The SMILES string of the molecule is N#C[C@@H]1C[C@H](F)CN1C(=O)CN1CCC(Nc2ccnc3ccc(F)cc23)CC1. The normalized spacial score (nSPS) is 23.3. The van der Waals surface area contributed by atoms with E-state index in [1.54, 1.807) is 12.3 Å². The number of halogens is 2. The molecule has 1 aromatic heterocycles. The Balaban J connectivity index is 1.33. The van der Waals surface area contributed by atoms with Crippen molar-refractivity contribution in [2.24, 2.45) is 0 Å². The second-order valence-electron chi connectivity index (χ2n) is 7.74. The average molecular weight is 399 g/mol. The molecular formula is C21H23F2N5O. The van der Waals surface area contributed by atoms with Crippen LogP contribution in [0.2, 0.25) is 0 Å². The summed E-state index contributed by atoms with van der Waals surface area (Å²) in [6.07, 6.45) is 2.36. The van der Waals surface area contributed by atoms with Gasteiger partial charge in [-0.05, 0) is 37.1 Å². The first-order chi connectivity index (χ1) is 14.0. The predicted octanol–water partition coefficient (Wildman–Crippen LogP) is 2.71. The minimum absolute atomic E-state index is 0.0146. The van der Waals surface area contributed by atoms with Gasteiger partial charge < -0.3 is 10.2 Å². The van der Waals surface area contributed by atoms with Crippen molar-refractivity contribution in [1.82, 2.24) is 14.8 Å². The van der Waals surface area contributed by atoms with E-state index in [1.165, 1.54) is 17.0 Å². The molecule has 0 bridgehead atoms. The van der Waals surface area contributed by atoms with Gasteiger partial charge in [-0.25, -0.2) is 8.78 Å². The molecule has 0 saturated carbocycles. The molecule has 6 nitrogen and oxygen atoms in total. The number of hydrogen-bond acceptors (Lipinski definition) is 5. The maximum atomic E-state index is 13.6. The summed E-state index contributed by atoms with van der Waals surface area (Å²) in [5, 5.41) is 13.3. The van der Waals surface area contributed by atoms with Crippen LogP contribution in [0.1, 0.15) is 19.3 Å². The lowest BCUT2D eigenvalue weighted by atomic mass is 10.0. The van der Waals surface area contributed by atoms with Gasteiger partial charge in [-0.3, -0.25) is 14.7 Å². The Morgan fingerprint density at radius 3 is 2.86 bits per heavy atom. The van der Waals surface area contributed by atoms with Crippen LogP contribution < -0.4 is 5.32 Å². The van der Waals surface area contributed by atoms with Gasteiger partial charge >= 0.3 is 0 Å². The maximum absolute atomic E-state index is 13.6. The summed E-state index contributed by atoms with van der Waals surface area (Å²) in [6.45, 7) is 1.68. The number of nitriles is 1. The largest absolute Gasteiger partial charge is 0.382 e. The third kappa shape index (κ3) is 4.30. The molecule has 4 rings (SSSR count). The molecule has 2 fully saturated rings. The topological polar surface area (TPSA) is 72.3 Å². The van der Waals surface area contributed by atoms with Crippen molar-refractivity contribution in [3.63, 3.8) is 0 Å². The minimum Gasteiger partial charge on any atom is -0.382 e. The van der Waals surface area contributed by atoms with Crippen molar-refractivity contribution in [1.29, 1.82) is 5.26 Å². The van der Waals surface area contributed by atoms with Gasteiger partial charge in [0.05, 0.1) is 24.7 Å². The van der Waals surface area contributed by atoms with Crippen LogP contribution in [-0.4, -0.2) is 65.1 Å². The number of benzene rings is 1. The van der Waals surface area contributed by atoms with Crippen LogP contribution in [0.4, 0.5) is 14.5 Å². The monoisotopic (exact) mass is 399 g/mol. The van der Waals surface area contributed by atoms with Gasteiger partial charge in [0.1, 0.15) is 18.0 Å². The van der Waals surface area contributed by atoms with Crippen LogP contribution in [0.5, 0.6) is 0 Å². The molecule has 0 aliphatic carbocycles. The zero-order valence-electron chi connectivity index (χ0n) is 16.0. The standard InChI is InChI=1S/C21H23F2N5O/c22-14-1-2-19-18(10-14)20(3-6-25-19)26-16-4-7-27(8-5-16)13-21(29)28-12-15(23)9-17(28)11-24/h1-3,6,10,15-17H,4-5,7-9,12-13H2,(H,25,26)/t15-,17-/m0/s1. The molecule has 0 radical (unpaired) electrons. The lowest BCUT2D eigenvalue weighted by Gasteiger charge is -2.33. The Labute approximate surface area is 168 Å². The summed E-state index contributed by atoms with van der Waals surface area (Å²) in [5.41, 5.74) is 1.59. The summed E-state index contributed by atoms with van der Waals surface area (Å²) in [6, 6.07) is 7.97. The average Bonchev–Trinajstić information content (AvgIpc) is 3.11. The molecule has 2 saturated heterocycles. The maximum Gasteiger partial charge on any atom is 0.237 e. The summed E-state index contributed by atoms with van der Waals surface area (Å²) >= 11 is 0. The van der Waals surface area contributed by atoms with Crippen molar-refractivity contribution in [2.45, 2.75) is 37.5 Å². The number of carbonyl (C=O) groups is 1. The van der Waals surface area contributed by atoms with E-state index in [4.69, 9.17) is 5.26 Å². The van der Waals surface area contributed by atoms with Gasteiger partial charge in [0.15, 0.2) is 0 Å². The van der Waals surface area contributed by atoms with Crippen LogP contribution in [-0.2, 0) is 4.79 Å². The fraction of sp³-hybridized carbons (Fsp3) is 0.476. The fourth-order valence-corrected chi connectivity index (χ4v) is 4.16. The Morgan fingerprint density at radius 1 is 1.31 bits per heavy atom. The number of fused-ring (bicyclic) bond motifs is 1. The lowest BCUT2D eigenvalue weighted by Crippen LogP contribution is -2.46. The van der Waals surface area contributed by atoms with Crippen molar-refractivity contribution in [2.75, 3.05) is 31.5 Å². The molecule has 2 aliphatic heterocycles. The van der Waals surface area contributed by atoms with Crippen LogP contribution in [0.25, 0.3) is 10.9 Å². The number of alkyl halides is 1. The molecule has 29 heavy (non-hydrogen) atoms. The molecule has 0 unspecified atom stereocenters. The number of likely N-dealkylation sites (tertiary alicyclic amines) is 2. The van der Waals surface area contributed by atoms with Crippen molar-refractivity contribution >= 4 is 22.5 Å². The third-order valence-corrected chi connectivity index (χ3v) is 5.73. The van der Waals surface area contributed by atoms with Crippen LogP contribution in [0, 0.1) is 17.1 Å². The molecule has 3 heterocycles. The molecule has 0 spiro atoms. The van der Waals surface area contributed by atoms with Gasteiger partial charge in [0.25, 0.3) is 0 Å². The van der Waals surface area contributed by atoms with E-state index in [0.29, 0.717) is 0 Å². The number of nitrogens with one attached hydrogen (secondary N) is 1. The quantitative estimate of drug-likeness (QED) is 0.856. The Bertz CT molecular complexity index is 938. The molecule has 1 amide bonds. The second kappa shape index (κ2) is 8.29. The number of amides is 1. The summed E-state index contributed by atoms with van der Waals surface area (Å²) in [5.74, 6) is -0.478. The molecule has 2 atom stereocenters. The summed E-state index contributed by atoms with van der Waals surface area (Å²) in [7, 11) is 0.